The van der Waals surface area contributed by atoms with E-state index in [1.807, 2.05) is 30.3 Å². The number of fused-ring (bicyclic) bond motifs is 1. The van der Waals surface area contributed by atoms with Crippen molar-refractivity contribution in [3.05, 3.63) is 65.5 Å². The van der Waals surface area contributed by atoms with Crippen LogP contribution < -0.4 is 14.5 Å². The second-order valence-electron chi connectivity index (χ2n) is 7.77. The molecule has 0 unspecified atom stereocenters. The van der Waals surface area contributed by atoms with Crippen LogP contribution in [0.1, 0.15) is 17.0 Å². The van der Waals surface area contributed by atoms with E-state index in [2.05, 4.69) is 28.3 Å². The average molecular weight is 378 g/mol. The summed E-state index contributed by atoms with van der Waals surface area (Å²) in [7, 11) is 0. The van der Waals surface area contributed by atoms with Crippen LogP contribution >= 0.6 is 0 Å². The zero-order chi connectivity index (χ0) is 18.8. The third-order valence-corrected chi connectivity index (χ3v) is 5.77. The lowest BCUT2D eigenvalue weighted by Crippen LogP contribution is -3.27. The van der Waals surface area contributed by atoms with Crippen molar-refractivity contribution in [3.8, 4) is 17.1 Å². The fourth-order valence-electron chi connectivity index (χ4n) is 4.19. The quantitative estimate of drug-likeness (QED) is 0.664. The van der Waals surface area contributed by atoms with Gasteiger partial charge in [-0.3, -0.25) is 0 Å². The van der Waals surface area contributed by atoms with Gasteiger partial charge in [0.15, 0.2) is 6.54 Å². The molecule has 6 nitrogen and oxygen atoms in total. The maximum atomic E-state index is 5.61. The van der Waals surface area contributed by atoms with Gasteiger partial charge < -0.3 is 19.1 Å². The molecular formula is C22H26N4O2+2. The summed E-state index contributed by atoms with van der Waals surface area (Å²) in [6.07, 6.45) is 1.05. The van der Waals surface area contributed by atoms with Crippen LogP contribution in [0, 0.1) is 0 Å². The van der Waals surface area contributed by atoms with Gasteiger partial charge in [-0.1, -0.05) is 35.5 Å². The van der Waals surface area contributed by atoms with Crippen molar-refractivity contribution in [2.45, 2.75) is 19.5 Å². The Morgan fingerprint density at radius 3 is 2.50 bits per heavy atom. The third-order valence-electron chi connectivity index (χ3n) is 5.77. The summed E-state index contributed by atoms with van der Waals surface area (Å²) in [5, 5.41) is 4.14. The lowest BCUT2D eigenvalue weighted by Gasteiger charge is -2.29. The van der Waals surface area contributed by atoms with Crippen LogP contribution in [0.15, 0.2) is 53.1 Å². The summed E-state index contributed by atoms with van der Waals surface area (Å²) >= 11 is 0. The van der Waals surface area contributed by atoms with Crippen LogP contribution in [-0.4, -0.2) is 42.9 Å². The number of aromatic nitrogens is 2. The molecule has 0 atom stereocenters. The molecule has 1 saturated heterocycles. The molecule has 0 bridgehead atoms. The highest BCUT2D eigenvalue weighted by Crippen LogP contribution is 2.25. The molecule has 3 aromatic rings. The Kier molecular flexibility index (Phi) is 4.81. The van der Waals surface area contributed by atoms with Crippen LogP contribution in [0.5, 0.6) is 5.75 Å². The summed E-state index contributed by atoms with van der Waals surface area (Å²) in [6, 6.07) is 16.7. The van der Waals surface area contributed by atoms with E-state index in [1.165, 1.54) is 29.1 Å². The summed E-state index contributed by atoms with van der Waals surface area (Å²) in [6.45, 7) is 7.34. The Morgan fingerprint density at radius 1 is 0.893 bits per heavy atom. The predicted molar refractivity (Wildman–Crippen MR) is 104 cm³/mol. The van der Waals surface area contributed by atoms with Gasteiger partial charge in [-0.25, -0.2) is 0 Å². The largest absolute Gasteiger partial charge is 0.493 e. The Balaban J connectivity index is 1.14. The Labute approximate surface area is 164 Å². The Bertz CT molecular complexity index is 933. The molecule has 0 saturated carbocycles. The SMILES string of the molecule is c1ccc(-c2noc(C[NH+]3CC[NH+](Cc4ccc5c(c4)CCO5)CC3)n2)cc1. The first kappa shape index (κ1) is 17.4. The van der Waals surface area contributed by atoms with Gasteiger partial charge in [0, 0.05) is 17.5 Å². The van der Waals surface area contributed by atoms with E-state index in [0.29, 0.717) is 5.82 Å². The molecule has 0 spiro atoms. The van der Waals surface area contributed by atoms with Crippen molar-refractivity contribution < 1.29 is 19.1 Å². The van der Waals surface area contributed by atoms with Crippen molar-refractivity contribution in [2.24, 2.45) is 0 Å². The van der Waals surface area contributed by atoms with Crippen LogP contribution in [-0.2, 0) is 19.5 Å². The molecule has 2 N–H and O–H groups in total. The highest BCUT2D eigenvalue weighted by molar-refractivity contribution is 5.53. The van der Waals surface area contributed by atoms with E-state index in [1.54, 1.807) is 4.90 Å². The Hall–Kier alpha value is -2.70. The molecule has 2 aliphatic rings. The standard InChI is InChI=1S/C22H24N4O2/c1-2-4-18(5-3-1)22-23-21(28-24-22)16-26-11-9-25(10-12-26)15-17-6-7-20-19(14-17)8-13-27-20/h1-7,14H,8-13,15-16H2/p+2. The zero-order valence-corrected chi connectivity index (χ0v) is 16.0. The topological polar surface area (TPSA) is 57.0 Å². The van der Waals surface area contributed by atoms with Crippen molar-refractivity contribution in [2.75, 3.05) is 32.8 Å². The average Bonchev–Trinajstić information content (AvgIpc) is 3.39. The molecule has 5 rings (SSSR count). The number of hydrogen-bond acceptors (Lipinski definition) is 4. The molecular weight excluding hydrogens is 352 g/mol. The van der Waals surface area contributed by atoms with Crippen molar-refractivity contribution in [3.63, 3.8) is 0 Å². The van der Waals surface area contributed by atoms with E-state index in [-0.39, 0.29) is 0 Å². The predicted octanol–water partition coefficient (Wildman–Crippen LogP) is 0.155. The molecule has 28 heavy (non-hydrogen) atoms. The van der Waals surface area contributed by atoms with E-state index in [9.17, 15) is 0 Å². The van der Waals surface area contributed by atoms with Gasteiger partial charge in [0.05, 0.1) is 6.61 Å². The first-order valence-electron chi connectivity index (χ1n) is 10.1. The normalized spacial score (nSPS) is 21.3. The van der Waals surface area contributed by atoms with Crippen LogP contribution in [0.2, 0.25) is 0 Å². The molecule has 6 heteroatoms. The van der Waals surface area contributed by atoms with Crippen molar-refractivity contribution in [1.29, 1.82) is 0 Å². The smallest absolute Gasteiger partial charge is 0.282 e. The van der Waals surface area contributed by atoms with Gasteiger partial charge in [-0.05, 0) is 23.8 Å². The maximum Gasteiger partial charge on any atom is 0.282 e. The van der Waals surface area contributed by atoms with Crippen LogP contribution in [0.4, 0.5) is 0 Å². The third kappa shape index (κ3) is 3.79. The van der Waals surface area contributed by atoms with Gasteiger partial charge in [-0.2, -0.15) is 4.98 Å². The maximum absolute atomic E-state index is 5.61. The van der Waals surface area contributed by atoms with Gasteiger partial charge in [0.2, 0.25) is 5.82 Å². The van der Waals surface area contributed by atoms with Gasteiger partial charge in [-0.15, -0.1) is 0 Å². The minimum absolute atomic E-state index is 0.680. The van der Waals surface area contributed by atoms with Gasteiger partial charge >= 0.3 is 0 Å². The number of rotatable bonds is 5. The minimum atomic E-state index is 0.680. The molecule has 0 radical (unpaired) electrons. The number of hydrogen-bond donors (Lipinski definition) is 2. The van der Waals surface area contributed by atoms with E-state index in [0.717, 1.165) is 56.4 Å². The highest BCUT2D eigenvalue weighted by atomic mass is 16.5. The van der Waals surface area contributed by atoms with E-state index < -0.39 is 0 Å². The van der Waals surface area contributed by atoms with Crippen molar-refractivity contribution in [1.82, 2.24) is 10.1 Å². The summed E-state index contributed by atoms with van der Waals surface area (Å²) in [5.41, 5.74) is 3.79. The lowest BCUT2D eigenvalue weighted by atomic mass is 10.1. The molecule has 144 valence electrons. The Morgan fingerprint density at radius 2 is 1.68 bits per heavy atom. The molecule has 1 aromatic heterocycles. The summed E-state index contributed by atoms with van der Waals surface area (Å²) < 4.78 is 11.1. The highest BCUT2D eigenvalue weighted by Gasteiger charge is 2.25. The fourth-order valence-corrected chi connectivity index (χ4v) is 4.19. The molecule has 0 amide bonds. The van der Waals surface area contributed by atoms with Gasteiger partial charge in [0.1, 0.15) is 38.5 Å². The number of nitrogens with one attached hydrogen (secondary N) is 2. The fraction of sp³-hybridized carbons (Fsp3) is 0.364. The number of ether oxygens (including phenoxy) is 1. The molecule has 3 heterocycles. The summed E-state index contributed by atoms with van der Waals surface area (Å²) in [5.74, 6) is 2.48. The molecule has 0 aliphatic carbocycles. The second kappa shape index (κ2) is 7.73. The zero-order valence-electron chi connectivity index (χ0n) is 16.0. The van der Waals surface area contributed by atoms with Crippen LogP contribution in [0.3, 0.4) is 0 Å². The number of benzene rings is 2. The number of quaternary nitrogens is 2. The number of nitrogens with zero attached hydrogens (tertiary/aromatic N) is 2. The van der Waals surface area contributed by atoms with Crippen molar-refractivity contribution >= 4 is 0 Å². The van der Waals surface area contributed by atoms with Crippen LogP contribution in [0.25, 0.3) is 11.4 Å². The first-order valence-corrected chi connectivity index (χ1v) is 10.1. The summed E-state index contributed by atoms with van der Waals surface area (Å²) in [4.78, 5) is 7.75. The minimum Gasteiger partial charge on any atom is -0.493 e. The molecule has 1 fully saturated rings. The van der Waals surface area contributed by atoms with E-state index in [4.69, 9.17) is 9.26 Å². The number of piperazine rings is 1. The van der Waals surface area contributed by atoms with E-state index >= 15 is 0 Å². The molecule has 2 aromatic carbocycles. The van der Waals surface area contributed by atoms with Gasteiger partial charge in [0.25, 0.3) is 5.89 Å². The first-order chi connectivity index (χ1) is 13.8. The lowest BCUT2D eigenvalue weighted by molar-refractivity contribution is -1.02. The molecule has 2 aliphatic heterocycles. The monoisotopic (exact) mass is 378 g/mol. The second-order valence-corrected chi connectivity index (χ2v) is 7.77.